The summed E-state index contributed by atoms with van der Waals surface area (Å²) in [6.45, 7) is 0. The van der Waals surface area contributed by atoms with Crippen LogP contribution in [0.3, 0.4) is 0 Å². The maximum Gasteiger partial charge on any atom is 0.261 e. The smallest absolute Gasteiger partial charge is 0.261 e. The van der Waals surface area contributed by atoms with E-state index in [2.05, 4.69) is 20.7 Å². The highest BCUT2D eigenvalue weighted by molar-refractivity contribution is 9.10. The molecule has 0 saturated heterocycles. The number of nitrogens with two attached hydrogens (primary N) is 1. The second-order valence-corrected chi connectivity index (χ2v) is 7.48. The van der Waals surface area contributed by atoms with Gasteiger partial charge in [-0.2, -0.15) is 0 Å². The average Bonchev–Trinajstić information content (AvgIpc) is 2.40. The number of thiocarbonyl (C=S) groups is 1. The van der Waals surface area contributed by atoms with Gasteiger partial charge in [0, 0.05) is 10.0 Å². The lowest BCUT2D eigenvalue weighted by Crippen LogP contribution is -2.15. The zero-order valence-electron chi connectivity index (χ0n) is 10.5. The number of benzene rings is 2. The molecule has 0 spiro atoms. The first-order valence-corrected chi connectivity index (χ1v) is 8.74. The van der Waals surface area contributed by atoms with E-state index in [-0.39, 0.29) is 14.9 Å². The first kappa shape index (κ1) is 16.2. The molecule has 0 aliphatic heterocycles. The minimum Gasteiger partial charge on any atom is -0.389 e. The predicted molar refractivity (Wildman–Crippen MR) is 92.3 cm³/mol. The fourth-order valence-electron chi connectivity index (χ4n) is 1.61. The zero-order valence-corrected chi connectivity index (χ0v) is 14.5. The highest BCUT2D eigenvalue weighted by Gasteiger charge is 2.17. The number of hydrogen-bond donors (Lipinski definition) is 2. The van der Waals surface area contributed by atoms with Crippen molar-refractivity contribution in [2.24, 2.45) is 5.73 Å². The van der Waals surface area contributed by atoms with E-state index in [1.165, 1.54) is 18.2 Å². The summed E-state index contributed by atoms with van der Waals surface area (Å²) in [4.78, 5) is 0.144. The Balaban J connectivity index is 2.39. The second-order valence-electron chi connectivity index (χ2n) is 4.09. The van der Waals surface area contributed by atoms with E-state index in [9.17, 15) is 8.42 Å². The Hall–Kier alpha value is -1.15. The van der Waals surface area contributed by atoms with Crippen LogP contribution in [0.25, 0.3) is 0 Å². The molecule has 4 nitrogen and oxygen atoms in total. The van der Waals surface area contributed by atoms with Gasteiger partial charge < -0.3 is 5.73 Å². The number of para-hydroxylation sites is 1. The van der Waals surface area contributed by atoms with Gasteiger partial charge in [0.1, 0.15) is 4.99 Å². The maximum absolute atomic E-state index is 12.3. The lowest BCUT2D eigenvalue weighted by atomic mass is 10.2. The summed E-state index contributed by atoms with van der Waals surface area (Å²) in [5, 5.41) is 0.192. The van der Waals surface area contributed by atoms with Gasteiger partial charge in [-0.1, -0.05) is 36.0 Å². The van der Waals surface area contributed by atoms with Crippen LogP contribution in [0.2, 0.25) is 5.02 Å². The molecule has 2 aromatic rings. The average molecular weight is 406 g/mol. The minimum atomic E-state index is -3.75. The van der Waals surface area contributed by atoms with Gasteiger partial charge in [-0.05, 0) is 46.3 Å². The molecule has 0 unspecified atom stereocenters. The summed E-state index contributed by atoms with van der Waals surface area (Å²) in [6, 6.07) is 11.1. The van der Waals surface area contributed by atoms with Crippen molar-refractivity contribution < 1.29 is 8.42 Å². The molecule has 0 heterocycles. The van der Waals surface area contributed by atoms with Gasteiger partial charge in [-0.25, -0.2) is 8.42 Å². The third-order valence-electron chi connectivity index (χ3n) is 2.63. The van der Waals surface area contributed by atoms with Gasteiger partial charge in [-0.15, -0.1) is 0 Å². The summed E-state index contributed by atoms with van der Waals surface area (Å²) in [6.07, 6.45) is 0. The molecule has 0 radical (unpaired) electrons. The second kappa shape index (κ2) is 6.31. The van der Waals surface area contributed by atoms with Crippen molar-refractivity contribution in [3.63, 3.8) is 0 Å². The number of halogens is 2. The molecule has 0 bridgehead atoms. The molecule has 0 fully saturated rings. The lowest BCUT2D eigenvalue weighted by molar-refractivity contribution is 0.601. The molecule has 0 aliphatic carbocycles. The van der Waals surface area contributed by atoms with Crippen molar-refractivity contribution in [3.05, 3.63) is 57.5 Å². The van der Waals surface area contributed by atoms with Crippen LogP contribution in [-0.4, -0.2) is 13.4 Å². The van der Waals surface area contributed by atoms with Crippen LogP contribution in [0.5, 0.6) is 0 Å². The van der Waals surface area contributed by atoms with Gasteiger partial charge in [-0.3, -0.25) is 4.72 Å². The van der Waals surface area contributed by atoms with Crippen molar-refractivity contribution in [3.8, 4) is 0 Å². The Kier molecular flexibility index (Phi) is 4.88. The zero-order chi connectivity index (χ0) is 15.6. The monoisotopic (exact) mass is 404 g/mol. The van der Waals surface area contributed by atoms with Crippen LogP contribution in [0, 0.1) is 0 Å². The molecule has 0 aliphatic rings. The van der Waals surface area contributed by atoms with Gasteiger partial charge in [0.25, 0.3) is 10.0 Å². The third-order valence-corrected chi connectivity index (χ3v) is 5.22. The van der Waals surface area contributed by atoms with Crippen molar-refractivity contribution >= 4 is 60.4 Å². The fraction of sp³-hybridized carbons (Fsp3) is 0. The molecule has 110 valence electrons. The van der Waals surface area contributed by atoms with Gasteiger partial charge in [0.2, 0.25) is 0 Å². The Morgan fingerprint density at radius 2 is 1.90 bits per heavy atom. The van der Waals surface area contributed by atoms with Crippen LogP contribution in [-0.2, 0) is 10.0 Å². The SMILES string of the molecule is NC(=S)c1ccc(S(=O)(=O)Nc2ccccc2Br)cc1Cl. The summed E-state index contributed by atoms with van der Waals surface area (Å²) >= 11 is 14.1. The highest BCUT2D eigenvalue weighted by atomic mass is 79.9. The Labute approximate surface area is 141 Å². The fourth-order valence-corrected chi connectivity index (χ4v) is 3.81. The van der Waals surface area contributed by atoms with Crippen molar-refractivity contribution in [2.75, 3.05) is 4.72 Å². The van der Waals surface area contributed by atoms with Crippen LogP contribution < -0.4 is 10.5 Å². The molecule has 2 rings (SSSR count). The topological polar surface area (TPSA) is 72.2 Å². The molecule has 0 aromatic heterocycles. The van der Waals surface area contributed by atoms with Crippen LogP contribution >= 0.6 is 39.7 Å². The van der Waals surface area contributed by atoms with Crippen LogP contribution in [0.1, 0.15) is 5.56 Å². The standard InChI is InChI=1S/C13H10BrClN2O2S2/c14-10-3-1-2-4-12(10)17-21(18,19)8-5-6-9(13(16)20)11(15)7-8/h1-7,17H,(H2,16,20). The predicted octanol–water partition coefficient (Wildman–Crippen LogP) is 3.54. The molecule has 3 N–H and O–H groups in total. The van der Waals surface area contributed by atoms with Crippen molar-refractivity contribution in [2.45, 2.75) is 4.90 Å². The van der Waals surface area contributed by atoms with Crippen LogP contribution in [0.15, 0.2) is 51.8 Å². The number of anilines is 1. The molecular formula is C13H10BrClN2O2S2. The summed E-state index contributed by atoms with van der Waals surface area (Å²) in [7, 11) is -3.75. The normalized spacial score (nSPS) is 11.1. The van der Waals surface area contributed by atoms with E-state index in [4.69, 9.17) is 29.6 Å². The third kappa shape index (κ3) is 3.74. The first-order chi connectivity index (χ1) is 9.81. The largest absolute Gasteiger partial charge is 0.389 e. The van der Waals surface area contributed by atoms with E-state index in [0.717, 1.165) is 0 Å². The molecule has 0 saturated carbocycles. The quantitative estimate of drug-likeness (QED) is 0.763. The van der Waals surface area contributed by atoms with Gasteiger partial charge >= 0.3 is 0 Å². The van der Waals surface area contributed by atoms with E-state index >= 15 is 0 Å². The van der Waals surface area contributed by atoms with E-state index < -0.39 is 10.0 Å². The minimum absolute atomic E-state index is 0.0308. The summed E-state index contributed by atoms with van der Waals surface area (Å²) in [5.41, 5.74) is 6.37. The van der Waals surface area contributed by atoms with Crippen molar-refractivity contribution in [1.82, 2.24) is 0 Å². The molecule has 0 amide bonds. The number of hydrogen-bond acceptors (Lipinski definition) is 3. The highest BCUT2D eigenvalue weighted by Crippen LogP contribution is 2.26. The Morgan fingerprint density at radius 3 is 2.48 bits per heavy atom. The maximum atomic E-state index is 12.3. The molecule has 8 heteroatoms. The van der Waals surface area contributed by atoms with E-state index in [1.807, 2.05) is 0 Å². The first-order valence-electron chi connectivity index (χ1n) is 5.68. The molecule has 21 heavy (non-hydrogen) atoms. The summed E-state index contributed by atoms with van der Waals surface area (Å²) < 4.78 is 27.8. The number of sulfonamides is 1. The molecule has 0 atom stereocenters. The number of nitrogens with one attached hydrogen (secondary N) is 1. The van der Waals surface area contributed by atoms with Gasteiger partial charge in [0.05, 0.1) is 15.6 Å². The Bertz CT molecular complexity index is 810. The molecule has 2 aromatic carbocycles. The van der Waals surface area contributed by atoms with Gasteiger partial charge in [0.15, 0.2) is 0 Å². The van der Waals surface area contributed by atoms with Crippen molar-refractivity contribution in [1.29, 1.82) is 0 Å². The lowest BCUT2D eigenvalue weighted by Gasteiger charge is -2.11. The Morgan fingerprint density at radius 1 is 1.24 bits per heavy atom. The van der Waals surface area contributed by atoms with E-state index in [0.29, 0.717) is 15.7 Å². The summed E-state index contributed by atoms with van der Waals surface area (Å²) in [5.74, 6) is 0. The molecular weight excluding hydrogens is 396 g/mol. The number of rotatable bonds is 4. The van der Waals surface area contributed by atoms with E-state index in [1.54, 1.807) is 24.3 Å². The van der Waals surface area contributed by atoms with Crippen LogP contribution in [0.4, 0.5) is 5.69 Å².